The fourth-order valence-corrected chi connectivity index (χ4v) is 2.33. The molecule has 0 aliphatic rings. The van der Waals surface area contributed by atoms with Gasteiger partial charge in [-0.25, -0.2) is 4.79 Å². The van der Waals surface area contributed by atoms with Crippen molar-refractivity contribution in [3.63, 3.8) is 0 Å². The standard InChI is InChI=1S/C19H16O5/c1-22-15-7-2-13(3-8-15)4-10-18(20)23-16-9-5-14-6-11-19(21)24-17(14)12-16/h2-3,5-9,11-12H,4,10H2,1H3. The Morgan fingerprint density at radius 1 is 1.00 bits per heavy atom. The van der Waals surface area contributed by atoms with E-state index in [2.05, 4.69) is 0 Å². The smallest absolute Gasteiger partial charge is 0.336 e. The van der Waals surface area contributed by atoms with Crippen LogP contribution in [0.1, 0.15) is 12.0 Å². The van der Waals surface area contributed by atoms with Crippen LogP contribution >= 0.6 is 0 Å². The number of fused-ring (bicyclic) bond motifs is 1. The maximum absolute atomic E-state index is 12.0. The van der Waals surface area contributed by atoms with Crippen molar-refractivity contribution in [1.29, 1.82) is 0 Å². The van der Waals surface area contributed by atoms with Crippen LogP contribution in [0, 0.1) is 0 Å². The summed E-state index contributed by atoms with van der Waals surface area (Å²) in [6, 6.07) is 15.5. The lowest BCUT2D eigenvalue weighted by molar-refractivity contribution is -0.134. The van der Waals surface area contributed by atoms with E-state index in [0.29, 0.717) is 17.8 Å². The van der Waals surface area contributed by atoms with Gasteiger partial charge in [0.2, 0.25) is 0 Å². The molecule has 0 atom stereocenters. The Morgan fingerprint density at radius 2 is 1.71 bits per heavy atom. The zero-order valence-corrected chi connectivity index (χ0v) is 13.2. The van der Waals surface area contributed by atoms with Crippen LogP contribution in [0.5, 0.6) is 11.5 Å². The summed E-state index contributed by atoms with van der Waals surface area (Å²) in [6.45, 7) is 0. The highest BCUT2D eigenvalue weighted by atomic mass is 16.5. The average molecular weight is 324 g/mol. The van der Waals surface area contributed by atoms with Crippen LogP contribution in [0.3, 0.4) is 0 Å². The Balaban J connectivity index is 1.62. The summed E-state index contributed by atoms with van der Waals surface area (Å²) in [6.07, 6.45) is 0.828. The molecule has 3 rings (SSSR count). The third kappa shape index (κ3) is 3.81. The minimum absolute atomic E-state index is 0.253. The molecule has 3 aromatic rings. The van der Waals surface area contributed by atoms with Gasteiger partial charge in [-0.2, -0.15) is 0 Å². The van der Waals surface area contributed by atoms with Crippen LogP contribution in [-0.2, 0) is 11.2 Å². The number of benzene rings is 2. The second-order valence-electron chi connectivity index (χ2n) is 5.28. The van der Waals surface area contributed by atoms with E-state index in [0.717, 1.165) is 16.7 Å². The molecule has 5 nitrogen and oxygen atoms in total. The first-order chi connectivity index (χ1) is 11.6. The fraction of sp³-hybridized carbons (Fsp3) is 0.158. The first kappa shape index (κ1) is 15.8. The zero-order valence-electron chi connectivity index (χ0n) is 13.2. The number of carbonyl (C=O) groups is 1. The minimum Gasteiger partial charge on any atom is -0.497 e. The SMILES string of the molecule is COc1ccc(CCC(=O)Oc2ccc3ccc(=O)oc3c2)cc1. The molecule has 0 radical (unpaired) electrons. The average Bonchev–Trinajstić information content (AvgIpc) is 2.60. The van der Waals surface area contributed by atoms with Crippen LogP contribution in [0.25, 0.3) is 11.0 Å². The molecule has 0 unspecified atom stereocenters. The molecule has 0 saturated heterocycles. The zero-order chi connectivity index (χ0) is 16.9. The molecule has 0 aliphatic heterocycles. The van der Waals surface area contributed by atoms with Gasteiger partial charge in [0, 0.05) is 23.9 Å². The van der Waals surface area contributed by atoms with Crippen molar-refractivity contribution >= 4 is 16.9 Å². The highest BCUT2D eigenvalue weighted by molar-refractivity contribution is 5.79. The van der Waals surface area contributed by atoms with E-state index in [4.69, 9.17) is 13.9 Å². The third-order valence-corrected chi connectivity index (χ3v) is 3.60. The van der Waals surface area contributed by atoms with E-state index in [9.17, 15) is 9.59 Å². The van der Waals surface area contributed by atoms with Gasteiger partial charge in [0.25, 0.3) is 0 Å². The van der Waals surface area contributed by atoms with Gasteiger partial charge >= 0.3 is 11.6 Å². The van der Waals surface area contributed by atoms with Gasteiger partial charge in [-0.15, -0.1) is 0 Å². The molecule has 1 aromatic heterocycles. The fourth-order valence-electron chi connectivity index (χ4n) is 2.33. The van der Waals surface area contributed by atoms with Gasteiger partial charge in [0.1, 0.15) is 17.1 Å². The first-order valence-electron chi connectivity index (χ1n) is 7.51. The van der Waals surface area contributed by atoms with Crippen LogP contribution in [0.4, 0.5) is 0 Å². The number of esters is 1. The summed E-state index contributed by atoms with van der Waals surface area (Å²) < 4.78 is 15.5. The molecular formula is C19H16O5. The Hall–Kier alpha value is -3.08. The minimum atomic E-state index is -0.439. The van der Waals surface area contributed by atoms with Gasteiger partial charge in [0.05, 0.1) is 7.11 Å². The summed E-state index contributed by atoms with van der Waals surface area (Å²) in [5.74, 6) is 0.791. The van der Waals surface area contributed by atoms with Crippen molar-refractivity contribution in [2.75, 3.05) is 7.11 Å². The topological polar surface area (TPSA) is 65.7 Å². The largest absolute Gasteiger partial charge is 0.497 e. The van der Waals surface area contributed by atoms with Crippen molar-refractivity contribution in [1.82, 2.24) is 0 Å². The maximum atomic E-state index is 12.0. The Morgan fingerprint density at radius 3 is 2.46 bits per heavy atom. The molecule has 5 heteroatoms. The second kappa shape index (κ2) is 7.00. The van der Waals surface area contributed by atoms with Crippen molar-refractivity contribution in [2.45, 2.75) is 12.8 Å². The predicted octanol–water partition coefficient (Wildman–Crippen LogP) is 3.34. The molecule has 0 N–H and O–H groups in total. The summed E-state index contributed by atoms with van der Waals surface area (Å²) in [4.78, 5) is 23.2. The van der Waals surface area contributed by atoms with E-state index in [1.165, 1.54) is 6.07 Å². The number of hydrogen-bond acceptors (Lipinski definition) is 5. The van der Waals surface area contributed by atoms with Crippen LogP contribution in [0.15, 0.2) is 63.8 Å². The molecule has 0 fully saturated rings. The van der Waals surface area contributed by atoms with Gasteiger partial charge in [-0.1, -0.05) is 12.1 Å². The molecule has 2 aromatic carbocycles. The summed E-state index contributed by atoms with van der Waals surface area (Å²) in [5.41, 5.74) is 0.977. The lowest BCUT2D eigenvalue weighted by Crippen LogP contribution is -2.09. The van der Waals surface area contributed by atoms with E-state index >= 15 is 0 Å². The number of carbonyl (C=O) groups excluding carboxylic acids is 1. The van der Waals surface area contributed by atoms with Crippen LogP contribution in [-0.4, -0.2) is 13.1 Å². The van der Waals surface area contributed by atoms with Crippen LogP contribution < -0.4 is 15.1 Å². The third-order valence-electron chi connectivity index (χ3n) is 3.60. The van der Waals surface area contributed by atoms with Crippen molar-refractivity contribution in [3.8, 4) is 11.5 Å². The van der Waals surface area contributed by atoms with E-state index in [-0.39, 0.29) is 12.4 Å². The molecule has 0 saturated carbocycles. The molecule has 1 heterocycles. The number of hydrogen-bond donors (Lipinski definition) is 0. The summed E-state index contributed by atoms with van der Waals surface area (Å²) in [5, 5.41) is 0.771. The lowest BCUT2D eigenvalue weighted by atomic mass is 10.1. The van der Waals surface area contributed by atoms with Gasteiger partial charge in [-0.3, -0.25) is 4.79 Å². The van der Waals surface area contributed by atoms with Crippen LogP contribution in [0.2, 0.25) is 0 Å². The maximum Gasteiger partial charge on any atom is 0.336 e. The quantitative estimate of drug-likeness (QED) is 0.409. The highest BCUT2D eigenvalue weighted by Gasteiger charge is 2.07. The molecule has 122 valence electrons. The number of ether oxygens (including phenoxy) is 2. The summed E-state index contributed by atoms with van der Waals surface area (Å²) >= 11 is 0. The van der Waals surface area contributed by atoms with Crippen molar-refractivity contribution < 1.29 is 18.7 Å². The normalized spacial score (nSPS) is 10.5. The number of aryl methyl sites for hydroxylation is 1. The van der Waals surface area contributed by atoms with E-state index < -0.39 is 5.63 Å². The van der Waals surface area contributed by atoms with Gasteiger partial charge in [-0.05, 0) is 42.3 Å². The molecule has 0 amide bonds. The highest BCUT2D eigenvalue weighted by Crippen LogP contribution is 2.20. The summed E-state index contributed by atoms with van der Waals surface area (Å²) in [7, 11) is 1.61. The number of rotatable bonds is 5. The Bertz CT molecular complexity index is 909. The Kier molecular flexibility index (Phi) is 4.61. The van der Waals surface area contributed by atoms with E-state index in [1.807, 2.05) is 24.3 Å². The van der Waals surface area contributed by atoms with E-state index in [1.54, 1.807) is 31.4 Å². The Labute approximate surface area is 138 Å². The monoisotopic (exact) mass is 324 g/mol. The second-order valence-corrected chi connectivity index (χ2v) is 5.28. The predicted molar refractivity (Wildman–Crippen MR) is 89.4 cm³/mol. The molecule has 0 bridgehead atoms. The molecule has 24 heavy (non-hydrogen) atoms. The van der Waals surface area contributed by atoms with Gasteiger partial charge in [0.15, 0.2) is 0 Å². The lowest BCUT2D eigenvalue weighted by Gasteiger charge is -2.06. The van der Waals surface area contributed by atoms with Gasteiger partial charge < -0.3 is 13.9 Å². The first-order valence-corrected chi connectivity index (χ1v) is 7.51. The van der Waals surface area contributed by atoms with Crippen molar-refractivity contribution in [3.05, 3.63) is 70.6 Å². The molecule has 0 spiro atoms. The number of methoxy groups -OCH3 is 1. The van der Waals surface area contributed by atoms with Crippen molar-refractivity contribution in [2.24, 2.45) is 0 Å². The molecular weight excluding hydrogens is 308 g/mol. The molecule has 0 aliphatic carbocycles.